The number of carbonyl (C=O) groups is 1. The second kappa shape index (κ2) is 5.21. The van der Waals surface area contributed by atoms with Crippen molar-refractivity contribution in [1.29, 1.82) is 0 Å². The van der Waals surface area contributed by atoms with Crippen molar-refractivity contribution in [3.8, 4) is 0 Å². The van der Waals surface area contributed by atoms with Crippen LogP contribution >= 0.6 is 11.8 Å². The lowest BCUT2D eigenvalue weighted by Crippen LogP contribution is -2.17. The van der Waals surface area contributed by atoms with Crippen molar-refractivity contribution < 1.29 is 4.79 Å². The molecule has 0 fully saturated rings. The molecule has 1 aliphatic rings. The van der Waals surface area contributed by atoms with Gasteiger partial charge >= 0.3 is 0 Å². The fourth-order valence-electron chi connectivity index (χ4n) is 1.74. The molecule has 1 N–H and O–H groups in total. The lowest BCUT2D eigenvalue weighted by molar-refractivity contribution is -0.113. The van der Waals surface area contributed by atoms with Gasteiger partial charge in [0.05, 0.1) is 0 Å². The highest BCUT2D eigenvalue weighted by Crippen LogP contribution is 2.29. The highest BCUT2D eigenvalue weighted by atomic mass is 32.2. The summed E-state index contributed by atoms with van der Waals surface area (Å²) in [6, 6.07) is 9.60. The molecule has 1 heterocycles. The maximum absolute atomic E-state index is 12.0. The van der Waals surface area contributed by atoms with Crippen LogP contribution in [-0.2, 0) is 4.79 Å². The Morgan fingerprint density at radius 1 is 1.31 bits per heavy atom. The molecule has 1 aromatic rings. The van der Waals surface area contributed by atoms with Gasteiger partial charge in [-0.05, 0) is 42.6 Å². The standard InChI is InChI=1S/C13H15NOS/c1-10-12(8-5-9-16-10)13(15)14-11-6-3-2-4-7-11/h2-4,6-7H,5,8-9H2,1H3,(H,14,15). The minimum atomic E-state index is 0.0518. The molecule has 0 bridgehead atoms. The molecule has 1 aliphatic heterocycles. The van der Waals surface area contributed by atoms with Crippen molar-refractivity contribution in [3.05, 3.63) is 40.8 Å². The van der Waals surface area contributed by atoms with Gasteiger partial charge in [0.25, 0.3) is 5.91 Å². The minimum absolute atomic E-state index is 0.0518. The molecule has 0 aromatic heterocycles. The van der Waals surface area contributed by atoms with Crippen molar-refractivity contribution in [2.45, 2.75) is 19.8 Å². The summed E-state index contributed by atoms with van der Waals surface area (Å²) in [7, 11) is 0. The van der Waals surface area contributed by atoms with Gasteiger partial charge in [0.1, 0.15) is 0 Å². The molecule has 16 heavy (non-hydrogen) atoms. The van der Waals surface area contributed by atoms with Crippen LogP contribution < -0.4 is 5.32 Å². The molecule has 0 spiro atoms. The lowest BCUT2D eigenvalue weighted by atomic mass is 10.1. The van der Waals surface area contributed by atoms with Crippen LogP contribution in [0.4, 0.5) is 5.69 Å². The van der Waals surface area contributed by atoms with E-state index in [-0.39, 0.29) is 5.91 Å². The molecule has 2 rings (SSSR count). The Labute approximate surface area is 100 Å². The maximum Gasteiger partial charge on any atom is 0.252 e. The summed E-state index contributed by atoms with van der Waals surface area (Å²) in [6.07, 6.45) is 2.00. The van der Waals surface area contributed by atoms with Crippen LogP contribution in [0.15, 0.2) is 40.8 Å². The van der Waals surface area contributed by atoms with Crippen LogP contribution in [0.3, 0.4) is 0 Å². The molecule has 1 amide bonds. The Hall–Kier alpha value is -1.22. The number of allylic oxidation sites excluding steroid dienone is 1. The molecule has 1 aromatic carbocycles. The largest absolute Gasteiger partial charge is 0.322 e. The highest BCUT2D eigenvalue weighted by molar-refractivity contribution is 8.03. The summed E-state index contributed by atoms with van der Waals surface area (Å²) in [5, 5.41) is 2.93. The fraction of sp³-hybridized carbons (Fsp3) is 0.308. The van der Waals surface area contributed by atoms with Crippen molar-refractivity contribution >= 4 is 23.4 Å². The molecular formula is C13H15NOS. The first-order valence-corrected chi connectivity index (χ1v) is 6.45. The van der Waals surface area contributed by atoms with Gasteiger partial charge in [-0.15, -0.1) is 11.8 Å². The first-order chi connectivity index (χ1) is 7.77. The van der Waals surface area contributed by atoms with Crippen LogP contribution in [-0.4, -0.2) is 11.7 Å². The first-order valence-electron chi connectivity index (χ1n) is 5.46. The van der Waals surface area contributed by atoms with Gasteiger partial charge in [-0.3, -0.25) is 4.79 Å². The summed E-state index contributed by atoms with van der Waals surface area (Å²) < 4.78 is 0. The molecule has 0 saturated carbocycles. The first kappa shape index (κ1) is 11.3. The van der Waals surface area contributed by atoms with Crippen LogP contribution in [0.25, 0.3) is 0 Å². The Morgan fingerprint density at radius 3 is 2.75 bits per heavy atom. The van der Waals surface area contributed by atoms with Gasteiger partial charge in [0.2, 0.25) is 0 Å². The van der Waals surface area contributed by atoms with Crippen molar-refractivity contribution in [2.24, 2.45) is 0 Å². The zero-order valence-corrected chi connectivity index (χ0v) is 10.1. The van der Waals surface area contributed by atoms with Gasteiger partial charge in [0, 0.05) is 11.3 Å². The third kappa shape index (κ3) is 2.67. The van der Waals surface area contributed by atoms with Crippen LogP contribution in [0.5, 0.6) is 0 Å². The van der Waals surface area contributed by atoms with E-state index in [0.29, 0.717) is 0 Å². The van der Waals surface area contributed by atoms with E-state index in [1.807, 2.05) is 37.3 Å². The summed E-state index contributed by atoms with van der Waals surface area (Å²) in [5.74, 6) is 1.18. The Bertz CT molecular complexity index is 411. The number of thioether (sulfide) groups is 1. The van der Waals surface area contributed by atoms with E-state index in [9.17, 15) is 4.79 Å². The number of hydrogen-bond acceptors (Lipinski definition) is 2. The van der Waals surface area contributed by atoms with E-state index in [1.165, 1.54) is 4.91 Å². The topological polar surface area (TPSA) is 29.1 Å². The van der Waals surface area contributed by atoms with E-state index in [4.69, 9.17) is 0 Å². The van der Waals surface area contributed by atoms with Crippen LogP contribution in [0, 0.1) is 0 Å². The zero-order valence-electron chi connectivity index (χ0n) is 9.32. The Morgan fingerprint density at radius 2 is 2.06 bits per heavy atom. The molecule has 0 saturated heterocycles. The Balaban J connectivity index is 2.09. The Kier molecular flexibility index (Phi) is 3.67. The van der Waals surface area contributed by atoms with Gasteiger partial charge < -0.3 is 5.32 Å². The highest BCUT2D eigenvalue weighted by Gasteiger charge is 2.16. The van der Waals surface area contributed by atoms with Crippen molar-refractivity contribution in [2.75, 3.05) is 11.1 Å². The predicted octanol–water partition coefficient (Wildman–Crippen LogP) is 3.43. The number of carbonyl (C=O) groups excluding carboxylic acids is 1. The molecule has 2 nitrogen and oxygen atoms in total. The van der Waals surface area contributed by atoms with Crippen LogP contribution in [0.1, 0.15) is 19.8 Å². The number of para-hydroxylation sites is 1. The second-order valence-corrected chi connectivity index (χ2v) is 5.12. The van der Waals surface area contributed by atoms with Crippen molar-refractivity contribution in [1.82, 2.24) is 0 Å². The average Bonchev–Trinajstić information content (AvgIpc) is 2.31. The van der Waals surface area contributed by atoms with Gasteiger partial charge in [-0.25, -0.2) is 0 Å². The third-order valence-corrected chi connectivity index (χ3v) is 3.79. The van der Waals surface area contributed by atoms with Gasteiger partial charge in [-0.1, -0.05) is 18.2 Å². The average molecular weight is 233 g/mol. The number of nitrogens with one attached hydrogen (secondary N) is 1. The summed E-state index contributed by atoms with van der Waals surface area (Å²) in [6.45, 7) is 2.03. The van der Waals surface area contributed by atoms with Gasteiger partial charge in [0.15, 0.2) is 0 Å². The number of anilines is 1. The maximum atomic E-state index is 12.0. The van der Waals surface area contributed by atoms with E-state index >= 15 is 0 Å². The quantitative estimate of drug-likeness (QED) is 0.848. The number of benzene rings is 1. The molecule has 0 radical (unpaired) electrons. The molecule has 84 valence electrons. The van der Waals surface area contributed by atoms with Gasteiger partial charge in [-0.2, -0.15) is 0 Å². The number of hydrogen-bond donors (Lipinski definition) is 1. The SMILES string of the molecule is CC1=C(C(=O)Nc2ccccc2)CCCS1. The number of amides is 1. The lowest BCUT2D eigenvalue weighted by Gasteiger charge is -2.16. The molecule has 3 heteroatoms. The van der Waals surface area contributed by atoms with E-state index in [1.54, 1.807) is 11.8 Å². The van der Waals surface area contributed by atoms with E-state index in [2.05, 4.69) is 5.32 Å². The molecular weight excluding hydrogens is 218 g/mol. The van der Waals surface area contributed by atoms with Crippen LogP contribution in [0.2, 0.25) is 0 Å². The summed E-state index contributed by atoms with van der Waals surface area (Å²) in [4.78, 5) is 13.2. The molecule has 0 aliphatic carbocycles. The fourth-order valence-corrected chi connectivity index (χ4v) is 2.70. The smallest absolute Gasteiger partial charge is 0.252 e. The minimum Gasteiger partial charge on any atom is -0.322 e. The summed E-state index contributed by atoms with van der Waals surface area (Å²) in [5.41, 5.74) is 1.81. The monoisotopic (exact) mass is 233 g/mol. The number of rotatable bonds is 2. The zero-order chi connectivity index (χ0) is 11.4. The summed E-state index contributed by atoms with van der Waals surface area (Å²) >= 11 is 1.78. The van der Waals surface area contributed by atoms with E-state index in [0.717, 1.165) is 29.9 Å². The molecule has 0 atom stereocenters. The normalized spacial score (nSPS) is 16.1. The second-order valence-electron chi connectivity index (χ2n) is 3.81. The van der Waals surface area contributed by atoms with Crippen molar-refractivity contribution in [3.63, 3.8) is 0 Å². The van der Waals surface area contributed by atoms with E-state index < -0.39 is 0 Å². The molecule has 0 unspecified atom stereocenters. The predicted molar refractivity (Wildman–Crippen MR) is 69.5 cm³/mol. The third-order valence-electron chi connectivity index (χ3n) is 2.62.